The predicted octanol–water partition coefficient (Wildman–Crippen LogP) is 3.34. The van der Waals surface area contributed by atoms with Gasteiger partial charge in [-0.2, -0.15) is 0 Å². The van der Waals surface area contributed by atoms with Crippen molar-refractivity contribution in [2.24, 2.45) is 17.6 Å². The minimum absolute atomic E-state index is 0.623. The van der Waals surface area contributed by atoms with Crippen molar-refractivity contribution >= 4 is 0 Å². The van der Waals surface area contributed by atoms with Crippen molar-refractivity contribution < 1.29 is 0 Å². The molecule has 1 aromatic rings. The molecule has 0 aliphatic heterocycles. The Bertz CT molecular complexity index is 323. The fourth-order valence-electron chi connectivity index (χ4n) is 3.20. The number of rotatable bonds is 3. The molecule has 94 valence electrons. The molecule has 2 N–H and O–H groups in total. The highest BCUT2D eigenvalue weighted by Crippen LogP contribution is 2.39. The van der Waals surface area contributed by atoms with E-state index in [1.54, 1.807) is 0 Å². The zero-order chi connectivity index (χ0) is 12.1. The lowest BCUT2D eigenvalue weighted by molar-refractivity contribution is 0.287. The number of nitrogens with zero attached hydrogens (tertiary/aromatic N) is 1. The molecule has 1 heterocycles. The molecule has 17 heavy (non-hydrogen) atoms. The van der Waals surface area contributed by atoms with Crippen LogP contribution in [0.25, 0.3) is 0 Å². The molecule has 1 aliphatic carbocycles. The summed E-state index contributed by atoms with van der Waals surface area (Å²) < 4.78 is 0. The Morgan fingerprint density at radius 2 is 2.18 bits per heavy atom. The fraction of sp³-hybridized carbons (Fsp3) is 0.667. The lowest BCUT2D eigenvalue weighted by Gasteiger charge is -2.30. The molecule has 1 aromatic heterocycles. The zero-order valence-electron chi connectivity index (χ0n) is 10.8. The molecule has 2 rings (SSSR count). The summed E-state index contributed by atoms with van der Waals surface area (Å²) in [5.41, 5.74) is 7.29. The van der Waals surface area contributed by atoms with Crippen LogP contribution in [-0.4, -0.2) is 11.5 Å². The minimum Gasteiger partial charge on any atom is -0.330 e. The van der Waals surface area contributed by atoms with Gasteiger partial charge in [-0.3, -0.25) is 4.98 Å². The van der Waals surface area contributed by atoms with Gasteiger partial charge >= 0.3 is 0 Å². The monoisotopic (exact) mass is 232 g/mol. The highest BCUT2D eigenvalue weighted by Gasteiger charge is 2.28. The lowest BCUT2D eigenvalue weighted by atomic mass is 9.76. The molecule has 0 saturated heterocycles. The maximum atomic E-state index is 5.88. The van der Waals surface area contributed by atoms with Gasteiger partial charge in [0.2, 0.25) is 0 Å². The van der Waals surface area contributed by atoms with E-state index in [2.05, 4.69) is 24.0 Å². The summed E-state index contributed by atoms with van der Waals surface area (Å²) in [5, 5.41) is 0. The highest BCUT2D eigenvalue weighted by atomic mass is 14.6. The van der Waals surface area contributed by atoms with Crippen LogP contribution in [0.1, 0.15) is 50.5 Å². The summed E-state index contributed by atoms with van der Waals surface area (Å²) in [7, 11) is 0. The van der Waals surface area contributed by atoms with Gasteiger partial charge in [-0.15, -0.1) is 0 Å². The third kappa shape index (κ3) is 3.06. The Morgan fingerprint density at radius 3 is 2.88 bits per heavy atom. The number of hydrogen-bond donors (Lipinski definition) is 1. The molecule has 1 fully saturated rings. The molecule has 0 radical (unpaired) electrons. The van der Waals surface area contributed by atoms with Gasteiger partial charge in [-0.1, -0.05) is 32.3 Å². The van der Waals surface area contributed by atoms with Gasteiger partial charge in [0, 0.05) is 12.4 Å². The van der Waals surface area contributed by atoms with Crippen LogP contribution in [0, 0.1) is 11.8 Å². The molecule has 1 aliphatic rings. The molecular weight excluding hydrogens is 208 g/mol. The van der Waals surface area contributed by atoms with E-state index < -0.39 is 0 Å². The van der Waals surface area contributed by atoms with E-state index in [9.17, 15) is 0 Å². The van der Waals surface area contributed by atoms with Crippen LogP contribution in [0.4, 0.5) is 0 Å². The molecule has 2 heteroatoms. The molecule has 1 saturated carbocycles. The van der Waals surface area contributed by atoms with Gasteiger partial charge in [0.05, 0.1) is 0 Å². The molecule has 3 atom stereocenters. The Balaban J connectivity index is 2.20. The van der Waals surface area contributed by atoms with Crippen LogP contribution >= 0.6 is 0 Å². The van der Waals surface area contributed by atoms with Gasteiger partial charge in [-0.25, -0.2) is 0 Å². The third-order valence-corrected chi connectivity index (χ3v) is 4.28. The first-order valence-corrected chi connectivity index (χ1v) is 6.93. The Labute approximate surface area is 105 Å². The number of aromatic nitrogens is 1. The van der Waals surface area contributed by atoms with Crippen LogP contribution in [0.3, 0.4) is 0 Å². The van der Waals surface area contributed by atoms with E-state index in [0.717, 1.165) is 12.5 Å². The summed E-state index contributed by atoms with van der Waals surface area (Å²) in [6.45, 7) is 3.11. The van der Waals surface area contributed by atoms with Crippen molar-refractivity contribution in [2.75, 3.05) is 6.54 Å². The van der Waals surface area contributed by atoms with Crippen molar-refractivity contribution in [3.05, 3.63) is 30.1 Å². The zero-order valence-corrected chi connectivity index (χ0v) is 10.8. The standard InChI is InChI=1S/C15H24N2/c1-12(10-16)14-7-3-2-4-8-15(14)13-6-5-9-17-11-13/h5-6,9,11-12,14-15H,2-4,7-8,10,16H2,1H3. The van der Waals surface area contributed by atoms with E-state index in [1.807, 2.05) is 12.4 Å². The second kappa shape index (κ2) is 6.15. The van der Waals surface area contributed by atoms with Gasteiger partial charge in [-0.05, 0) is 48.8 Å². The van der Waals surface area contributed by atoms with Crippen LogP contribution in [0.15, 0.2) is 24.5 Å². The van der Waals surface area contributed by atoms with Gasteiger partial charge in [0.25, 0.3) is 0 Å². The predicted molar refractivity (Wildman–Crippen MR) is 71.8 cm³/mol. The maximum Gasteiger partial charge on any atom is 0.0302 e. The number of hydrogen-bond acceptors (Lipinski definition) is 2. The van der Waals surface area contributed by atoms with E-state index in [-0.39, 0.29) is 0 Å². The third-order valence-electron chi connectivity index (χ3n) is 4.28. The van der Waals surface area contributed by atoms with Crippen molar-refractivity contribution in [3.63, 3.8) is 0 Å². The first-order valence-electron chi connectivity index (χ1n) is 6.93. The van der Waals surface area contributed by atoms with Gasteiger partial charge in [0.1, 0.15) is 0 Å². The molecule has 0 aromatic carbocycles. The molecule has 2 nitrogen and oxygen atoms in total. The van der Waals surface area contributed by atoms with Crippen molar-refractivity contribution in [2.45, 2.75) is 44.9 Å². The average molecular weight is 232 g/mol. The van der Waals surface area contributed by atoms with E-state index in [4.69, 9.17) is 5.73 Å². The number of pyridine rings is 1. The number of nitrogens with two attached hydrogens (primary N) is 1. The highest BCUT2D eigenvalue weighted by molar-refractivity contribution is 5.16. The van der Waals surface area contributed by atoms with Crippen LogP contribution in [-0.2, 0) is 0 Å². The molecule has 3 unspecified atom stereocenters. The quantitative estimate of drug-likeness (QED) is 0.812. The fourth-order valence-corrected chi connectivity index (χ4v) is 3.20. The van der Waals surface area contributed by atoms with Crippen LogP contribution in [0.5, 0.6) is 0 Å². The Hall–Kier alpha value is -0.890. The molecule has 0 amide bonds. The van der Waals surface area contributed by atoms with Crippen LogP contribution in [0.2, 0.25) is 0 Å². The summed E-state index contributed by atoms with van der Waals surface area (Å²) in [6.07, 6.45) is 10.6. The van der Waals surface area contributed by atoms with Gasteiger partial charge in [0.15, 0.2) is 0 Å². The first-order chi connectivity index (χ1) is 8.33. The van der Waals surface area contributed by atoms with Gasteiger partial charge < -0.3 is 5.73 Å². The summed E-state index contributed by atoms with van der Waals surface area (Å²) in [5.74, 6) is 2.04. The maximum absolute atomic E-state index is 5.88. The second-order valence-electron chi connectivity index (χ2n) is 5.41. The lowest BCUT2D eigenvalue weighted by Crippen LogP contribution is -2.25. The SMILES string of the molecule is CC(CN)C1CCCCCC1c1cccnc1. The van der Waals surface area contributed by atoms with Crippen molar-refractivity contribution in [3.8, 4) is 0 Å². The van der Waals surface area contributed by atoms with E-state index in [0.29, 0.717) is 11.8 Å². The summed E-state index contributed by atoms with van der Waals surface area (Å²) >= 11 is 0. The molecule has 0 spiro atoms. The van der Waals surface area contributed by atoms with Crippen molar-refractivity contribution in [1.82, 2.24) is 4.98 Å². The minimum atomic E-state index is 0.623. The Morgan fingerprint density at radius 1 is 1.35 bits per heavy atom. The molecule has 0 bridgehead atoms. The topological polar surface area (TPSA) is 38.9 Å². The normalized spacial score (nSPS) is 27.4. The average Bonchev–Trinajstić information content (AvgIpc) is 2.64. The van der Waals surface area contributed by atoms with Crippen molar-refractivity contribution in [1.29, 1.82) is 0 Å². The van der Waals surface area contributed by atoms with E-state index in [1.165, 1.54) is 37.7 Å². The van der Waals surface area contributed by atoms with Crippen LogP contribution < -0.4 is 5.73 Å². The largest absolute Gasteiger partial charge is 0.330 e. The Kier molecular flexibility index (Phi) is 4.55. The smallest absolute Gasteiger partial charge is 0.0302 e. The summed E-state index contributed by atoms with van der Waals surface area (Å²) in [4.78, 5) is 4.28. The van der Waals surface area contributed by atoms with E-state index >= 15 is 0 Å². The second-order valence-corrected chi connectivity index (χ2v) is 5.41. The molecular formula is C15H24N2. The first kappa shape index (κ1) is 12.6. The summed E-state index contributed by atoms with van der Waals surface area (Å²) in [6, 6.07) is 4.30.